The lowest BCUT2D eigenvalue weighted by atomic mass is 9.52. The molecule has 0 bridgehead atoms. The third kappa shape index (κ3) is 4.74. The van der Waals surface area contributed by atoms with Crippen LogP contribution in [0.5, 0.6) is 5.75 Å². The molecule has 1 aromatic heterocycles. The summed E-state index contributed by atoms with van der Waals surface area (Å²) in [6, 6.07) is 0.567. The van der Waals surface area contributed by atoms with Crippen LogP contribution in [0.25, 0.3) is 0 Å². The summed E-state index contributed by atoms with van der Waals surface area (Å²) in [6.45, 7) is -0.215. The van der Waals surface area contributed by atoms with Gasteiger partial charge in [0.15, 0.2) is 33.8 Å². The molecule has 1 amide bonds. The van der Waals surface area contributed by atoms with E-state index in [-0.39, 0.29) is 35.6 Å². The molecule has 12 nitrogen and oxygen atoms in total. The van der Waals surface area contributed by atoms with Crippen molar-refractivity contribution in [3.8, 4) is 5.75 Å². The number of aliphatic hydroxyl groups is 2. The zero-order chi connectivity index (χ0) is 32.6. The maximum atomic E-state index is 14.1. The van der Waals surface area contributed by atoms with Gasteiger partial charge in [0, 0.05) is 49.2 Å². The Hall–Kier alpha value is -3.60. The lowest BCUT2D eigenvalue weighted by molar-refractivity contribution is -0.190. The minimum absolute atomic E-state index is 0.0300. The van der Waals surface area contributed by atoms with Crippen molar-refractivity contribution >= 4 is 45.4 Å². The Morgan fingerprint density at radius 3 is 2.41 bits per heavy atom. The number of fused-ring (bicyclic) bond motifs is 3. The Balaban J connectivity index is 1.56. The average molecular weight is 640 g/mol. The number of anilines is 2. The number of phenols is 1. The molecule has 0 spiro atoms. The lowest BCUT2D eigenvalue weighted by Crippen LogP contribution is -2.75. The van der Waals surface area contributed by atoms with Gasteiger partial charge in [0.2, 0.25) is 5.91 Å². The first kappa shape index (κ1) is 31.8. The van der Waals surface area contributed by atoms with Gasteiger partial charge in [0.05, 0.1) is 17.6 Å². The summed E-state index contributed by atoms with van der Waals surface area (Å²) in [5.41, 5.74) is 2.42. The summed E-state index contributed by atoms with van der Waals surface area (Å²) in [6.07, 6.45) is -6.16. The van der Waals surface area contributed by atoms with E-state index in [2.05, 4.69) is 10.3 Å². The van der Waals surface area contributed by atoms with Gasteiger partial charge in [-0.05, 0) is 44.5 Å². The van der Waals surface area contributed by atoms with Gasteiger partial charge in [-0.15, -0.1) is 11.3 Å². The van der Waals surface area contributed by atoms with Crippen LogP contribution in [0.2, 0.25) is 0 Å². The van der Waals surface area contributed by atoms with E-state index in [0.29, 0.717) is 22.6 Å². The number of amides is 1. The Morgan fingerprint density at radius 2 is 1.86 bits per heavy atom. The molecule has 1 aromatic carbocycles. The molecule has 2 saturated carbocycles. The zero-order valence-corrected chi connectivity index (χ0v) is 25.0. The van der Waals surface area contributed by atoms with Gasteiger partial charge in [-0.3, -0.25) is 19.2 Å². The number of likely N-dealkylation sites (N-methyl/N-ethyl adjacent to an activating group) is 1. The fourth-order valence-electron chi connectivity index (χ4n) is 7.11. The van der Waals surface area contributed by atoms with Crippen LogP contribution < -0.4 is 16.0 Å². The Labute approximate surface area is 253 Å². The van der Waals surface area contributed by atoms with Crippen molar-refractivity contribution in [2.75, 3.05) is 38.4 Å². The number of carbonyl (C=O) groups is 4. The first-order valence-electron chi connectivity index (χ1n) is 13.7. The second kappa shape index (κ2) is 10.8. The highest BCUT2D eigenvalue weighted by molar-refractivity contribution is 7.13. The molecule has 238 valence electrons. The van der Waals surface area contributed by atoms with E-state index in [1.165, 1.54) is 4.90 Å². The molecule has 2 aromatic rings. The molecular formula is C28H32F3N5O7S. The predicted octanol–water partition coefficient (Wildman–Crippen LogP) is 0.812. The maximum Gasteiger partial charge on any atom is 0.434 e. The number of aromatic hydroxyl groups is 1. The van der Waals surface area contributed by atoms with E-state index < -0.39 is 82.3 Å². The summed E-state index contributed by atoms with van der Waals surface area (Å²) in [7, 11) is 6.52. The summed E-state index contributed by atoms with van der Waals surface area (Å²) in [5, 5.41) is 37.5. The van der Waals surface area contributed by atoms with Crippen LogP contribution in [0.3, 0.4) is 0 Å². The van der Waals surface area contributed by atoms with Crippen LogP contribution in [-0.2, 0) is 33.5 Å². The molecule has 2 fully saturated rings. The number of hydrogen-bond acceptors (Lipinski definition) is 12. The van der Waals surface area contributed by atoms with Crippen molar-refractivity contribution in [1.82, 2.24) is 9.88 Å². The van der Waals surface area contributed by atoms with Crippen molar-refractivity contribution in [2.24, 2.45) is 29.4 Å². The summed E-state index contributed by atoms with van der Waals surface area (Å²) in [5.74, 6) is -10.2. The number of aromatic nitrogens is 1. The molecule has 44 heavy (non-hydrogen) atoms. The van der Waals surface area contributed by atoms with Gasteiger partial charge in [-0.2, -0.15) is 13.2 Å². The van der Waals surface area contributed by atoms with Gasteiger partial charge in [-0.1, -0.05) is 0 Å². The number of nitrogens with two attached hydrogens (primary N) is 1. The number of halogens is 3. The molecule has 16 heteroatoms. The second-order valence-electron chi connectivity index (χ2n) is 12.0. The third-order valence-electron chi connectivity index (χ3n) is 9.05. The minimum atomic E-state index is -4.64. The molecule has 4 unspecified atom stereocenters. The minimum Gasteiger partial charge on any atom is -0.507 e. The molecule has 1 heterocycles. The number of hydrogen-bond donors (Lipinski definition) is 5. The SMILES string of the molecule is CN(C)c1cc(CNc2nc(C(F)(F)F)cs2)c(O)c2c1C[C@@H]1C[C@@H]3C(N(C)C)C(O)C(C(N)=O)C(=O)[C@]3(O)C(=O)C1C2=O. The van der Waals surface area contributed by atoms with E-state index in [0.717, 1.165) is 5.38 Å². The topological polar surface area (TPSA) is 186 Å². The number of nitrogens with zero attached hydrogens (tertiary/aromatic N) is 3. The van der Waals surface area contributed by atoms with Crippen molar-refractivity contribution in [3.05, 3.63) is 33.8 Å². The normalized spacial score (nSPS) is 30.1. The fraction of sp³-hybridized carbons (Fsp3) is 0.536. The molecule has 7 atom stereocenters. The second-order valence-corrected chi connectivity index (χ2v) is 12.9. The number of Topliss-reactive ketones (excluding diaryl/α,β-unsaturated/α-hetero) is 3. The Morgan fingerprint density at radius 1 is 1.20 bits per heavy atom. The first-order valence-corrected chi connectivity index (χ1v) is 14.6. The van der Waals surface area contributed by atoms with Crippen LogP contribution in [0.1, 0.15) is 33.6 Å². The molecule has 0 saturated heterocycles. The van der Waals surface area contributed by atoms with E-state index in [4.69, 9.17) is 5.73 Å². The van der Waals surface area contributed by atoms with E-state index in [1.807, 2.05) is 0 Å². The standard InChI is InChI=1S/C28H32F3N5O7S/c1-35(2)14-7-11(8-33-26-34-15(9-44-26)28(29,30)31)20(37)17-12(14)5-10-6-13-19(36(3)4)22(39)18(25(32)42)24(41)27(13,43)23(40)16(10)21(17)38/h7,9-10,13,16,18-19,22,37,39,43H,5-6,8H2,1-4H3,(H2,32,42)(H,33,34)/t10-,13-,16?,18?,19?,22?,27-/m1/s1. The number of phenolic OH excluding ortho intramolecular Hbond substituents is 1. The predicted molar refractivity (Wildman–Crippen MR) is 151 cm³/mol. The smallest absolute Gasteiger partial charge is 0.434 e. The van der Waals surface area contributed by atoms with Crippen LogP contribution in [0.15, 0.2) is 11.4 Å². The number of benzene rings is 1. The summed E-state index contributed by atoms with van der Waals surface area (Å²) in [4.78, 5) is 60.5. The quantitative estimate of drug-likeness (QED) is 0.282. The van der Waals surface area contributed by atoms with Crippen LogP contribution in [-0.4, -0.2) is 94.4 Å². The van der Waals surface area contributed by atoms with Crippen LogP contribution in [0.4, 0.5) is 24.0 Å². The third-order valence-corrected chi connectivity index (χ3v) is 9.85. The van der Waals surface area contributed by atoms with Crippen LogP contribution >= 0.6 is 11.3 Å². The lowest BCUT2D eigenvalue weighted by Gasteiger charge is -2.55. The number of primary amides is 1. The van der Waals surface area contributed by atoms with Crippen molar-refractivity contribution in [2.45, 2.75) is 43.3 Å². The molecule has 3 aliphatic carbocycles. The van der Waals surface area contributed by atoms with Crippen molar-refractivity contribution < 1.29 is 47.7 Å². The summed E-state index contributed by atoms with van der Waals surface area (Å²) >= 11 is 0.711. The Kier molecular flexibility index (Phi) is 7.80. The molecule has 0 aliphatic heterocycles. The number of thiazole rings is 1. The number of nitrogens with one attached hydrogen (secondary N) is 1. The first-order chi connectivity index (χ1) is 20.4. The number of alkyl halides is 3. The molecule has 6 N–H and O–H groups in total. The zero-order valence-electron chi connectivity index (χ0n) is 24.2. The monoisotopic (exact) mass is 639 g/mol. The highest BCUT2D eigenvalue weighted by atomic mass is 32.1. The van der Waals surface area contributed by atoms with Gasteiger partial charge in [-0.25, -0.2) is 4.98 Å². The Bertz CT molecular complexity index is 1560. The van der Waals surface area contributed by atoms with Gasteiger partial charge < -0.3 is 36.2 Å². The van der Waals surface area contributed by atoms with Gasteiger partial charge >= 0.3 is 6.18 Å². The van der Waals surface area contributed by atoms with Crippen LogP contribution in [0, 0.1) is 23.7 Å². The summed E-state index contributed by atoms with van der Waals surface area (Å²) < 4.78 is 39.0. The number of ketones is 3. The maximum absolute atomic E-state index is 14.1. The van der Waals surface area contributed by atoms with Gasteiger partial charge in [0.25, 0.3) is 0 Å². The van der Waals surface area contributed by atoms with Crippen molar-refractivity contribution in [3.63, 3.8) is 0 Å². The van der Waals surface area contributed by atoms with Gasteiger partial charge in [0.1, 0.15) is 11.7 Å². The van der Waals surface area contributed by atoms with E-state index >= 15 is 0 Å². The van der Waals surface area contributed by atoms with E-state index in [9.17, 15) is 47.7 Å². The molecule has 0 radical (unpaired) electrons. The van der Waals surface area contributed by atoms with Crippen molar-refractivity contribution in [1.29, 1.82) is 0 Å². The number of rotatable bonds is 6. The number of aliphatic hydroxyl groups excluding tert-OH is 1. The number of carbonyl (C=O) groups excluding carboxylic acids is 4. The highest BCUT2D eigenvalue weighted by Gasteiger charge is 2.69. The molecule has 5 rings (SSSR count). The largest absolute Gasteiger partial charge is 0.507 e. The average Bonchev–Trinajstić information content (AvgIpc) is 3.39. The van der Waals surface area contributed by atoms with E-state index in [1.54, 1.807) is 39.2 Å². The fourth-order valence-corrected chi connectivity index (χ4v) is 7.83. The molecular weight excluding hydrogens is 607 g/mol. The molecule has 3 aliphatic rings. The highest BCUT2D eigenvalue weighted by Crippen LogP contribution is 2.53.